The molecule has 1 N–H and O–H groups in total. The molecule has 0 aromatic heterocycles. The van der Waals surface area contributed by atoms with Crippen LogP contribution in [0, 0.1) is 11.3 Å². The number of benzene rings is 1. The molecule has 1 aromatic rings. The summed E-state index contributed by atoms with van der Waals surface area (Å²) < 4.78 is 11.6. The Morgan fingerprint density at radius 1 is 1.33 bits per heavy atom. The predicted octanol–water partition coefficient (Wildman–Crippen LogP) is 4.34. The van der Waals surface area contributed by atoms with E-state index in [1.807, 2.05) is 19.1 Å². The lowest BCUT2D eigenvalue weighted by Gasteiger charge is -2.52. The molecular formula is C18H29NO2. The Bertz CT molecular complexity index is 456. The molecule has 2 atom stereocenters. The molecular weight excluding hydrogens is 262 g/mol. The van der Waals surface area contributed by atoms with Crippen molar-refractivity contribution in [3.63, 3.8) is 0 Å². The molecule has 0 saturated heterocycles. The third kappa shape index (κ3) is 3.91. The van der Waals surface area contributed by atoms with Crippen LogP contribution in [0.3, 0.4) is 0 Å². The first-order valence-electron chi connectivity index (χ1n) is 8.04. The molecule has 1 fully saturated rings. The Balaban J connectivity index is 1.91. The van der Waals surface area contributed by atoms with Gasteiger partial charge in [-0.05, 0) is 31.4 Å². The first-order chi connectivity index (χ1) is 9.93. The van der Waals surface area contributed by atoms with Crippen LogP contribution in [0.2, 0.25) is 0 Å². The maximum atomic E-state index is 6.02. The van der Waals surface area contributed by atoms with Gasteiger partial charge < -0.3 is 14.8 Å². The summed E-state index contributed by atoms with van der Waals surface area (Å²) in [5, 5.41) is 3.63. The highest BCUT2D eigenvalue weighted by atomic mass is 16.5. The Kier molecular flexibility index (Phi) is 5.15. The largest absolute Gasteiger partial charge is 0.494 e. The van der Waals surface area contributed by atoms with Crippen LogP contribution in [0.1, 0.15) is 41.0 Å². The highest BCUT2D eigenvalue weighted by molar-refractivity contribution is 5.49. The van der Waals surface area contributed by atoms with Crippen molar-refractivity contribution in [3.8, 4) is 5.75 Å². The Morgan fingerprint density at radius 2 is 2.10 bits per heavy atom. The third-order valence-corrected chi connectivity index (χ3v) is 4.29. The van der Waals surface area contributed by atoms with Crippen molar-refractivity contribution in [3.05, 3.63) is 24.3 Å². The van der Waals surface area contributed by atoms with Crippen molar-refractivity contribution in [2.75, 3.05) is 18.5 Å². The van der Waals surface area contributed by atoms with Crippen LogP contribution < -0.4 is 10.1 Å². The summed E-state index contributed by atoms with van der Waals surface area (Å²) in [7, 11) is 0. The first-order valence-corrected chi connectivity index (χ1v) is 8.04. The van der Waals surface area contributed by atoms with Crippen LogP contribution >= 0.6 is 0 Å². The number of nitrogens with one attached hydrogen (secondary N) is 1. The normalized spacial score (nSPS) is 23.7. The zero-order chi connectivity index (χ0) is 15.5. The minimum absolute atomic E-state index is 0.163. The average molecular weight is 291 g/mol. The molecule has 3 nitrogen and oxygen atoms in total. The lowest BCUT2D eigenvalue weighted by atomic mass is 9.64. The zero-order valence-electron chi connectivity index (χ0n) is 14.0. The molecule has 0 amide bonds. The summed E-state index contributed by atoms with van der Waals surface area (Å²) in [6.07, 6.45) is 1.42. The Hall–Kier alpha value is -1.22. The minimum Gasteiger partial charge on any atom is -0.494 e. The highest BCUT2D eigenvalue weighted by Crippen LogP contribution is 2.44. The van der Waals surface area contributed by atoms with Gasteiger partial charge in [0.05, 0.1) is 12.7 Å². The van der Waals surface area contributed by atoms with Gasteiger partial charge in [0.25, 0.3) is 0 Å². The number of rotatable bonds is 7. The summed E-state index contributed by atoms with van der Waals surface area (Å²) in [6.45, 7) is 12.5. The van der Waals surface area contributed by atoms with Crippen LogP contribution in [0.4, 0.5) is 5.69 Å². The summed E-state index contributed by atoms with van der Waals surface area (Å²) >= 11 is 0. The number of hydrogen-bond acceptors (Lipinski definition) is 3. The quantitative estimate of drug-likeness (QED) is 0.810. The van der Waals surface area contributed by atoms with Crippen LogP contribution in [-0.4, -0.2) is 25.4 Å². The van der Waals surface area contributed by atoms with E-state index in [2.05, 4.69) is 45.1 Å². The van der Waals surface area contributed by atoms with Gasteiger partial charge in [-0.2, -0.15) is 0 Å². The molecule has 1 aliphatic carbocycles. The van der Waals surface area contributed by atoms with Crippen molar-refractivity contribution in [2.24, 2.45) is 11.3 Å². The summed E-state index contributed by atoms with van der Waals surface area (Å²) in [5.41, 5.74) is 1.29. The van der Waals surface area contributed by atoms with Gasteiger partial charge in [-0.1, -0.05) is 33.8 Å². The van der Waals surface area contributed by atoms with Crippen molar-refractivity contribution < 1.29 is 9.47 Å². The molecule has 118 valence electrons. The van der Waals surface area contributed by atoms with Gasteiger partial charge in [0.15, 0.2) is 0 Å². The van der Waals surface area contributed by atoms with E-state index in [0.29, 0.717) is 24.7 Å². The Labute approximate surface area is 129 Å². The van der Waals surface area contributed by atoms with E-state index < -0.39 is 0 Å². The number of ether oxygens (including phenoxy) is 2. The molecule has 0 spiro atoms. The van der Waals surface area contributed by atoms with E-state index in [4.69, 9.17) is 9.47 Å². The third-order valence-electron chi connectivity index (χ3n) is 4.29. The second-order valence-electron chi connectivity index (χ2n) is 6.93. The Morgan fingerprint density at radius 3 is 2.71 bits per heavy atom. The molecule has 1 aliphatic rings. The van der Waals surface area contributed by atoms with E-state index in [-0.39, 0.29) is 5.41 Å². The van der Waals surface area contributed by atoms with Gasteiger partial charge >= 0.3 is 0 Å². The van der Waals surface area contributed by atoms with Crippen LogP contribution in [0.5, 0.6) is 5.75 Å². The molecule has 2 rings (SSSR count). The van der Waals surface area contributed by atoms with E-state index in [1.54, 1.807) is 0 Å². The lowest BCUT2D eigenvalue weighted by Crippen LogP contribution is -2.58. The summed E-state index contributed by atoms with van der Waals surface area (Å²) in [4.78, 5) is 0. The van der Waals surface area contributed by atoms with E-state index >= 15 is 0 Å². The molecule has 2 unspecified atom stereocenters. The van der Waals surface area contributed by atoms with Gasteiger partial charge in [-0.25, -0.2) is 0 Å². The molecule has 0 aliphatic heterocycles. The average Bonchev–Trinajstić information content (AvgIpc) is 2.42. The van der Waals surface area contributed by atoms with Gasteiger partial charge in [0.1, 0.15) is 5.75 Å². The van der Waals surface area contributed by atoms with E-state index in [0.717, 1.165) is 24.5 Å². The lowest BCUT2D eigenvalue weighted by molar-refractivity contribution is -0.108. The topological polar surface area (TPSA) is 30.5 Å². The van der Waals surface area contributed by atoms with Crippen LogP contribution in [0.25, 0.3) is 0 Å². The molecule has 21 heavy (non-hydrogen) atoms. The van der Waals surface area contributed by atoms with Gasteiger partial charge in [-0.3, -0.25) is 0 Å². The minimum atomic E-state index is 0.163. The molecule has 0 radical (unpaired) electrons. The fourth-order valence-corrected chi connectivity index (χ4v) is 2.77. The first kappa shape index (κ1) is 16.2. The highest BCUT2D eigenvalue weighted by Gasteiger charge is 2.49. The summed E-state index contributed by atoms with van der Waals surface area (Å²) in [5.74, 6) is 1.52. The number of anilines is 1. The number of hydrogen-bond donors (Lipinski definition) is 1. The fraction of sp³-hybridized carbons (Fsp3) is 0.667. The second kappa shape index (κ2) is 6.69. The molecule has 3 heteroatoms. The van der Waals surface area contributed by atoms with E-state index in [9.17, 15) is 0 Å². The van der Waals surface area contributed by atoms with Gasteiger partial charge in [-0.15, -0.1) is 0 Å². The fourth-order valence-electron chi connectivity index (χ4n) is 2.77. The SMILES string of the molecule is CCOc1cccc(NC2CC(OCC(C)C)C2(C)C)c1. The predicted molar refractivity (Wildman–Crippen MR) is 88.0 cm³/mol. The smallest absolute Gasteiger partial charge is 0.121 e. The second-order valence-corrected chi connectivity index (χ2v) is 6.93. The zero-order valence-corrected chi connectivity index (χ0v) is 14.0. The standard InChI is InChI=1S/C18H29NO2/c1-6-20-15-9-7-8-14(10-15)19-16-11-17(18(16,4)5)21-12-13(2)3/h7-10,13,16-17,19H,6,11-12H2,1-5H3. The maximum absolute atomic E-state index is 6.02. The summed E-state index contributed by atoms with van der Waals surface area (Å²) in [6, 6.07) is 8.65. The molecule has 0 bridgehead atoms. The van der Waals surface area contributed by atoms with Crippen molar-refractivity contribution in [2.45, 2.75) is 53.2 Å². The van der Waals surface area contributed by atoms with Gasteiger partial charge in [0.2, 0.25) is 0 Å². The van der Waals surface area contributed by atoms with Crippen LogP contribution in [-0.2, 0) is 4.74 Å². The molecule has 1 aromatic carbocycles. The molecule has 0 heterocycles. The van der Waals surface area contributed by atoms with Crippen LogP contribution in [0.15, 0.2) is 24.3 Å². The van der Waals surface area contributed by atoms with Gasteiger partial charge in [0, 0.05) is 29.8 Å². The van der Waals surface area contributed by atoms with Crippen molar-refractivity contribution >= 4 is 5.69 Å². The monoisotopic (exact) mass is 291 g/mol. The van der Waals surface area contributed by atoms with E-state index in [1.165, 1.54) is 0 Å². The maximum Gasteiger partial charge on any atom is 0.121 e. The van der Waals surface area contributed by atoms with Crippen molar-refractivity contribution in [1.82, 2.24) is 0 Å². The van der Waals surface area contributed by atoms with Crippen molar-refractivity contribution in [1.29, 1.82) is 0 Å². The molecule has 1 saturated carbocycles.